The van der Waals surface area contributed by atoms with E-state index in [0.29, 0.717) is 0 Å². The quantitative estimate of drug-likeness (QED) is 0.545. The van der Waals surface area contributed by atoms with Gasteiger partial charge in [-0.2, -0.15) is 0 Å². The third-order valence-corrected chi connectivity index (χ3v) is 4.50. The third kappa shape index (κ3) is 4.11. The molecule has 0 fully saturated rings. The van der Waals surface area contributed by atoms with Crippen LogP contribution in [0.5, 0.6) is 11.5 Å². The molecule has 0 saturated carbocycles. The second kappa shape index (κ2) is 8.02. The largest absolute Gasteiger partial charge is 0.497 e. The second-order valence-electron chi connectivity index (χ2n) is 6.29. The van der Waals surface area contributed by atoms with Gasteiger partial charge in [-0.15, -0.1) is 0 Å². The van der Waals surface area contributed by atoms with Gasteiger partial charge in [0.15, 0.2) is 5.78 Å². The molecule has 0 atom stereocenters. The van der Waals surface area contributed by atoms with Gasteiger partial charge < -0.3 is 9.47 Å². The van der Waals surface area contributed by atoms with Crippen LogP contribution in [-0.4, -0.2) is 19.5 Å². The first-order valence-corrected chi connectivity index (χ1v) is 8.86. The van der Waals surface area contributed by atoms with Crippen LogP contribution in [0.15, 0.2) is 48.0 Å². The number of hydrogen-bond acceptors (Lipinski definition) is 3. The van der Waals surface area contributed by atoms with Crippen LogP contribution >= 0.6 is 0 Å². The molecule has 25 heavy (non-hydrogen) atoms. The van der Waals surface area contributed by atoms with Gasteiger partial charge in [-0.1, -0.05) is 25.5 Å². The minimum atomic E-state index is 0.118. The number of fused-ring (bicyclic) bond motifs is 1. The highest BCUT2D eigenvalue weighted by Gasteiger charge is 2.22. The summed E-state index contributed by atoms with van der Waals surface area (Å²) in [5.74, 6) is 1.80. The fourth-order valence-corrected chi connectivity index (χ4v) is 3.01. The number of carbonyl (C=O) groups excluding carboxylic acids is 1. The zero-order chi connectivity index (χ0) is 17.6. The number of hydrogen-bond donors (Lipinski definition) is 0. The van der Waals surface area contributed by atoms with Crippen LogP contribution in [0, 0.1) is 0 Å². The van der Waals surface area contributed by atoms with Crippen molar-refractivity contribution in [2.24, 2.45) is 0 Å². The van der Waals surface area contributed by atoms with Gasteiger partial charge in [0.2, 0.25) is 0 Å². The van der Waals surface area contributed by atoms with Crippen molar-refractivity contribution in [3.05, 3.63) is 64.7 Å². The Morgan fingerprint density at radius 1 is 1.04 bits per heavy atom. The predicted octanol–water partition coefficient (Wildman–Crippen LogP) is 5.09. The molecule has 2 aromatic rings. The first-order valence-electron chi connectivity index (χ1n) is 8.86. The van der Waals surface area contributed by atoms with E-state index in [4.69, 9.17) is 9.47 Å². The van der Waals surface area contributed by atoms with Gasteiger partial charge in [0, 0.05) is 11.1 Å². The lowest BCUT2D eigenvalue weighted by molar-refractivity contribution is 0.102. The molecule has 0 bridgehead atoms. The lowest BCUT2D eigenvalue weighted by Crippen LogP contribution is -2.14. The summed E-state index contributed by atoms with van der Waals surface area (Å²) in [7, 11) is 1.65. The molecular formula is C22H24O3. The molecule has 0 amide bonds. The molecule has 0 spiro atoms. The maximum absolute atomic E-state index is 12.7. The summed E-state index contributed by atoms with van der Waals surface area (Å²) in [4.78, 5) is 12.7. The molecule has 0 aliphatic heterocycles. The van der Waals surface area contributed by atoms with Crippen LogP contribution in [0.4, 0.5) is 0 Å². The number of methoxy groups -OCH3 is 1. The van der Waals surface area contributed by atoms with Gasteiger partial charge in [0.1, 0.15) is 11.5 Å². The normalized spacial score (nSPS) is 15.1. The minimum Gasteiger partial charge on any atom is -0.497 e. The van der Waals surface area contributed by atoms with E-state index >= 15 is 0 Å². The number of ether oxygens (including phenoxy) is 2. The maximum atomic E-state index is 12.7. The smallest absolute Gasteiger partial charge is 0.189 e. The molecule has 1 aliphatic rings. The first kappa shape index (κ1) is 17.3. The molecule has 3 nitrogen and oxygen atoms in total. The summed E-state index contributed by atoms with van der Waals surface area (Å²) >= 11 is 0. The molecule has 0 heterocycles. The van der Waals surface area contributed by atoms with Gasteiger partial charge in [-0.05, 0) is 66.8 Å². The highest BCUT2D eigenvalue weighted by molar-refractivity contribution is 6.13. The molecular weight excluding hydrogens is 312 g/mol. The lowest BCUT2D eigenvalue weighted by atomic mass is 9.86. The number of unbranched alkanes of at least 4 members (excludes halogenated alkanes) is 1. The van der Waals surface area contributed by atoms with E-state index < -0.39 is 0 Å². The summed E-state index contributed by atoms with van der Waals surface area (Å²) in [6.45, 7) is 2.89. The van der Waals surface area contributed by atoms with E-state index in [9.17, 15) is 4.79 Å². The van der Waals surface area contributed by atoms with Crippen molar-refractivity contribution in [3.8, 4) is 11.5 Å². The monoisotopic (exact) mass is 336 g/mol. The van der Waals surface area contributed by atoms with Crippen molar-refractivity contribution in [1.82, 2.24) is 0 Å². The SMILES string of the molecule is CCCCOc1ccc(/C=C2\CCc3cc(OC)ccc3C2=O)cc1. The Morgan fingerprint density at radius 3 is 2.52 bits per heavy atom. The molecule has 0 aromatic heterocycles. The molecule has 2 aromatic carbocycles. The number of Topliss-reactive ketones (excluding diaryl/α,β-unsaturated/α-hetero) is 1. The molecule has 1 aliphatic carbocycles. The topological polar surface area (TPSA) is 35.5 Å². The Labute approximate surface area is 149 Å². The summed E-state index contributed by atoms with van der Waals surface area (Å²) in [6.07, 6.45) is 5.80. The maximum Gasteiger partial charge on any atom is 0.189 e. The Hall–Kier alpha value is -2.55. The zero-order valence-corrected chi connectivity index (χ0v) is 14.9. The predicted molar refractivity (Wildman–Crippen MR) is 100 cm³/mol. The Balaban J connectivity index is 1.74. The highest BCUT2D eigenvalue weighted by atomic mass is 16.5. The van der Waals surface area contributed by atoms with Crippen molar-refractivity contribution >= 4 is 11.9 Å². The van der Waals surface area contributed by atoms with E-state index in [1.807, 2.05) is 48.5 Å². The molecule has 0 radical (unpaired) electrons. The summed E-state index contributed by atoms with van der Waals surface area (Å²) in [6, 6.07) is 13.6. The fraction of sp³-hybridized carbons (Fsp3) is 0.318. The Bertz CT molecular complexity index is 772. The number of aryl methyl sites for hydroxylation is 1. The van der Waals surface area contributed by atoms with Crippen molar-refractivity contribution in [3.63, 3.8) is 0 Å². The molecule has 0 N–H and O–H groups in total. The zero-order valence-electron chi connectivity index (χ0n) is 14.9. The number of allylic oxidation sites excluding steroid dienone is 1. The van der Waals surface area contributed by atoms with Gasteiger partial charge >= 0.3 is 0 Å². The van der Waals surface area contributed by atoms with Gasteiger partial charge in [-0.25, -0.2) is 0 Å². The standard InChI is InChI=1S/C22H24O3/c1-3-4-13-25-19-9-5-16(6-10-19)14-18-8-7-17-15-20(24-2)11-12-21(17)22(18)23/h5-6,9-12,14-15H,3-4,7-8,13H2,1-2H3/b18-14+. The van der Waals surface area contributed by atoms with Crippen LogP contribution in [0.3, 0.4) is 0 Å². The summed E-state index contributed by atoms with van der Waals surface area (Å²) in [5.41, 5.74) is 3.75. The van der Waals surface area contributed by atoms with Crippen LogP contribution in [-0.2, 0) is 6.42 Å². The van der Waals surface area contributed by atoms with Gasteiger partial charge in [0.05, 0.1) is 13.7 Å². The van der Waals surface area contributed by atoms with E-state index in [2.05, 4.69) is 6.92 Å². The van der Waals surface area contributed by atoms with Crippen LogP contribution in [0.1, 0.15) is 47.7 Å². The van der Waals surface area contributed by atoms with Crippen LogP contribution < -0.4 is 9.47 Å². The minimum absolute atomic E-state index is 0.118. The van der Waals surface area contributed by atoms with Crippen molar-refractivity contribution < 1.29 is 14.3 Å². The number of ketones is 1. The third-order valence-electron chi connectivity index (χ3n) is 4.50. The van der Waals surface area contributed by atoms with Crippen LogP contribution in [0.2, 0.25) is 0 Å². The second-order valence-corrected chi connectivity index (χ2v) is 6.29. The number of carbonyl (C=O) groups is 1. The van der Waals surface area contributed by atoms with E-state index in [-0.39, 0.29) is 5.78 Å². The fourth-order valence-electron chi connectivity index (χ4n) is 3.01. The molecule has 130 valence electrons. The molecule has 0 unspecified atom stereocenters. The van der Waals surface area contributed by atoms with Gasteiger partial charge in [0.25, 0.3) is 0 Å². The van der Waals surface area contributed by atoms with Crippen molar-refractivity contribution in [1.29, 1.82) is 0 Å². The van der Waals surface area contributed by atoms with Gasteiger partial charge in [-0.3, -0.25) is 4.79 Å². The average molecular weight is 336 g/mol. The average Bonchev–Trinajstić information content (AvgIpc) is 2.65. The summed E-state index contributed by atoms with van der Waals surface area (Å²) < 4.78 is 10.9. The molecule has 3 heteroatoms. The van der Waals surface area contributed by atoms with Crippen molar-refractivity contribution in [2.75, 3.05) is 13.7 Å². The lowest BCUT2D eigenvalue weighted by Gasteiger charge is -2.18. The highest BCUT2D eigenvalue weighted by Crippen LogP contribution is 2.29. The molecule has 0 saturated heterocycles. The van der Waals surface area contributed by atoms with E-state index in [0.717, 1.165) is 66.1 Å². The Morgan fingerprint density at radius 2 is 1.80 bits per heavy atom. The van der Waals surface area contributed by atoms with E-state index in [1.165, 1.54) is 0 Å². The van der Waals surface area contributed by atoms with Crippen molar-refractivity contribution in [2.45, 2.75) is 32.6 Å². The number of rotatable bonds is 6. The number of benzene rings is 2. The first-order chi connectivity index (χ1) is 12.2. The molecule has 3 rings (SSSR count). The Kier molecular flexibility index (Phi) is 5.54. The van der Waals surface area contributed by atoms with Crippen LogP contribution in [0.25, 0.3) is 6.08 Å². The van der Waals surface area contributed by atoms with E-state index in [1.54, 1.807) is 7.11 Å². The summed E-state index contributed by atoms with van der Waals surface area (Å²) in [5, 5.41) is 0.